The summed E-state index contributed by atoms with van der Waals surface area (Å²) in [6.07, 6.45) is -3.42. The van der Waals surface area contributed by atoms with Gasteiger partial charge >= 0.3 is 6.18 Å². The van der Waals surface area contributed by atoms with Gasteiger partial charge in [-0.05, 0) is 12.1 Å². The van der Waals surface area contributed by atoms with E-state index in [-0.39, 0.29) is 5.69 Å². The number of nitrogens with zero attached hydrogens (tertiary/aromatic N) is 3. The first kappa shape index (κ1) is 15.2. The molecule has 0 saturated carbocycles. The van der Waals surface area contributed by atoms with Crippen LogP contribution in [0.1, 0.15) is 10.5 Å². The lowest BCUT2D eigenvalue weighted by molar-refractivity contribution is -0.141. The Labute approximate surface area is 118 Å². The van der Waals surface area contributed by atoms with Crippen LogP contribution < -0.4 is 0 Å². The van der Waals surface area contributed by atoms with Crippen molar-refractivity contribution in [3.05, 3.63) is 36.2 Å². The van der Waals surface area contributed by atoms with Gasteiger partial charge in [-0.3, -0.25) is 9.78 Å². The molecule has 1 aromatic carbocycles. The molecule has 0 aliphatic carbocycles. The van der Waals surface area contributed by atoms with Crippen molar-refractivity contribution in [3.8, 4) is 0 Å². The molecule has 0 atom stereocenters. The quantitative estimate of drug-likeness (QED) is 0.932. The Morgan fingerprint density at radius 3 is 2.52 bits per heavy atom. The molecule has 1 amide bonds. The molecule has 0 fully saturated rings. The van der Waals surface area contributed by atoms with E-state index in [2.05, 4.69) is 9.97 Å². The fourth-order valence-corrected chi connectivity index (χ4v) is 1.81. The fourth-order valence-electron chi connectivity index (χ4n) is 1.81. The summed E-state index contributed by atoms with van der Waals surface area (Å²) in [6, 6.07) is 6.71. The van der Waals surface area contributed by atoms with Gasteiger partial charge in [0.1, 0.15) is 12.2 Å². The van der Waals surface area contributed by atoms with Crippen LogP contribution in [0, 0.1) is 0 Å². The summed E-state index contributed by atoms with van der Waals surface area (Å²) in [4.78, 5) is 20.6. The van der Waals surface area contributed by atoms with Gasteiger partial charge in [-0.1, -0.05) is 12.1 Å². The zero-order valence-electron chi connectivity index (χ0n) is 10.8. The molecule has 112 valence electrons. The molecule has 5 nitrogen and oxygen atoms in total. The minimum atomic E-state index is -4.55. The van der Waals surface area contributed by atoms with Crippen molar-refractivity contribution in [2.24, 2.45) is 0 Å². The number of fused-ring (bicyclic) bond motifs is 1. The van der Waals surface area contributed by atoms with Crippen LogP contribution in [0.5, 0.6) is 0 Å². The van der Waals surface area contributed by atoms with Crippen LogP contribution in [0.15, 0.2) is 30.5 Å². The molecule has 0 radical (unpaired) electrons. The van der Waals surface area contributed by atoms with E-state index in [1.165, 1.54) is 0 Å². The first-order valence-electron chi connectivity index (χ1n) is 6.09. The van der Waals surface area contributed by atoms with Crippen LogP contribution in [-0.4, -0.2) is 51.8 Å². The molecule has 0 aliphatic rings. The van der Waals surface area contributed by atoms with Gasteiger partial charge in [-0.2, -0.15) is 13.2 Å². The molecule has 0 aliphatic heterocycles. The van der Waals surface area contributed by atoms with Crippen LogP contribution in [-0.2, 0) is 0 Å². The second kappa shape index (κ2) is 6.04. The van der Waals surface area contributed by atoms with Gasteiger partial charge in [-0.15, -0.1) is 0 Å². The summed E-state index contributed by atoms with van der Waals surface area (Å²) in [6.45, 7) is -2.43. The van der Waals surface area contributed by atoms with E-state index in [1.807, 2.05) is 0 Å². The average Bonchev–Trinajstić information content (AvgIpc) is 2.44. The maximum Gasteiger partial charge on any atom is 0.406 e. The Morgan fingerprint density at radius 1 is 1.24 bits per heavy atom. The largest absolute Gasteiger partial charge is 0.406 e. The molecule has 21 heavy (non-hydrogen) atoms. The molecule has 0 spiro atoms. The Bertz CT molecular complexity index is 646. The van der Waals surface area contributed by atoms with Crippen molar-refractivity contribution in [2.45, 2.75) is 6.18 Å². The number of rotatable bonds is 4. The molecule has 2 aromatic rings. The van der Waals surface area contributed by atoms with Gasteiger partial charge in [-0.25, -0.2) is 4.98 Å². The third kappa shape index (κ3) is 3.88. The molecular formula is C13H12F3N3O2. The number of halogens is 3. The fraction of sp³-hybridized carbons (Fsp3) is 0.308. The van der Waals surface area contributed by atoms with E-state index in [0.717, 1.165) is 6.20 Å². The topological polar surface area (TPSA) is 66.3 Å². The lowest BCUT2D eigenvalue weighted by atomic mass is 10.3. The molecule has 0 bridgehead atoms. The first-order chi connectivity index (χ1) is 9.90. The first-order valence-corrected chi connectivity index (χ1v) is 6.09. The zero-order valence-corrected chi connectivity index (χ0v) is 10.8. The van der Waals surface area contributed by atoms with Gasteiger partial charge in [0.25, 0.3) is 5.91 Å². The molecular weight excluding hydrogens is 287 g/mol. The smallest absolute Gasteiger partial charge is 0.395 e. The minimum absolute atomic E-state index is 0.189. The Balaban J connectivity index is 2.29. The van der Waals surface area contributed by atoms with Crippen molar-refractivity contribution in [1.82, 2.24) is 14.9 Å². The predicted octanol–water partition coefficient (Wildman–Crippen LogP) is 1.63. The SMILES string of the molecule is O=C(c1cnc2ccccc2n1)N(CCO)CC(F)(F)F. The molecule has 0 unspecified atom stereocenters. The highest BCUT2D eigenvalue weighted by atomic mass is 19.4. The second-order valence-electron chi connectivity index (χ2n) is 4.31. The standard InChI is InChI=1S/C13H12F3N3O2/c14-13(15,16)8-19(5-6-20)12(21)11-7-17-9-3-1-2-4-10(9)18-11/h1-4,7,20H,5-6,8H2. The zero-order chi connectivity index (χ0) is 15.5. The van der Waals surface area contributed by atoms with Gasteiger partial charge in [0.2, 0.25) is 0 Å². The monoisotopic (exact) mass is 299 g/mol. The number of hydrogen-bond acceptors (Lipinski definition) is 4. The summed E-state index contributed by atoms with van der Waals surface area (Å²) in [5.74, 6) is -0.917. The Kier molecular flexibility index (Phi) is 4.37. The maximum absolute atomic E-state index is 12.4. The molecule has 1 aromatic heterocycles. The van der Waals surface area contributed by atoms with Gasteiger partial charge in [0.15, 0.2) is 0 Å². The lowest BCUT2D eigenvalue weighted by Gasteiger charge is -2.22. The highest BCUT2D eigenvalue weighted by molar-refractivity contribution is 5.93. The molecule has 2 rings (SSSR count). The van der Waals surface area contributed by atoms with E-state index < -0.39 is 31.8 Å². The predicted molar refractivity (Wildman–Crippen MR) is 68.6 cm³/mol. The average molecular weight is 299 g/mol. The number of carbonyl (C=O) groups excluding carboxylic acids is 1. The van der Waals surface area contributed by atoms with Crippen molar-refractivity contribution in [1.29, 1.82) is 0 Å². The lowest BCUT2D eigenvalue weighted by Crippen LogP contribution is -2.41. The van der Waals surface area contributed by atoms with Crippen molar-refractivity contribution >= 4 is 16.9 Å². The second-order valence-corrected chi connectivity index (χ2v) is 4.31. The number of amides is 1. The number of para-hydroxylation sites is 2. The normalized spacial score (nSPS) is 11.6. The van der Waals surface area contributed by atoms with Crippen LogP contribution in [0.4, 0.5) is 13.2 Å². The van der Waals surface area contributed by atoms with E-state index in [9.17, 15) is 18.0 Å². The summed E-state index contributed by atoms with van der Waals surface area (Å²) < 4.78 is 37.3. The van der Waals surface area contributed by atoms with E-state index in [1.54, 1.807) is 24.3 Å². The third-order valence-corrected chi connectivity index (χ3v) is 2.69. The Morgan fingerprint density at radius 2 is 1.90 bits per heavy atom. The molecule has 0 saturated heterocycles. The summed E-state index contributed by atoms with van der Waals surface area (Å²) >= 11 is 0. The maximum atomic E-state index is 12.4. The van der Waals surface area contributed by atoms with E-state index in [0.29, 0.717) is 15.9 Å². The van der Waals surface area contributed by atoms with Crippen molar-refractivity contribution in [3.63, 3.8) is 0 Å². The number of hydrogen-bond donors (Lipinski definition) is 1. The van der Waals surface area contributed by atoms with Crippen molar-refractivity contribution in [2.75, 3.05) is 19.7 Å². The summed E-state index contributed by atoms with van der Waals surface area (Å²) in [5.41, 5.74) is 0.768. The van der Waals surface area contributed by atoms with Crippen LogP contribution in [0.25, 0.3) is 11.0 Å². The Hall–Kier alpha value is -2.22. The van der Waals surface area contributed by atoms with Crippen molar-refractivity contribution < 1.29 is 23.1 Å². The summed E-state index contributed by atoms with van der Waals surface area (Å²) in [7, 11) is 0. The van der Waals surface area contributed by atoms with Gasteiger partial charge in [0.05, 0.1) is 23.8 Å². The number of aliphatic hydroxyl groups is 1. The van der Waals surface area contributed by atoms with Gasteiger partial charge in [0, 0.05) is 6.54 Å². The van der Waals surface area contributed by atoms with Crippen LogP contribution >= 0.6 is 0 Å². The number of aliphatic hydroxyl groups excluding tert-OH is 1. The minimum Gasteiger partial charge on any atom is -0.395 e. The number of carbonyl (C=O) groups is 1. The van der Waals surface area contributed by atoms with Crippen LogP contribution in [0.3, 0.4) is 0 Å². The third-order valence-electron chi connectivity index (χ3n) is 2.69. The number of benzene rings is 1. The molecule has 1 N–H and O–H groups in total. The number of aromatic nitrogens is 2. The van der Waals surface area contributed by atoms with Gasteiger partial charge < -0.3 is 10.0 Å². The summed E-state index contributed by atoms with van der Waals surface area (Å²) in [5, 5.41) is 8.80. The van der Waals surface area contributed by atoms with E-state index in [4.69, 9.17) is 5.11 Å². The molecule has 1 heterocycles. The highest BCUT2D eigenvalue weighted by Gasteiger charge is 2.33. The van der Waals surface area contributed by atoms with E-state index >= 15 is 0 Å². The highest BCUT2D eigenvalue weighted by Crippen LogP contribution is 2.18. The van der Waals surface area contributed by atoms with Crippen LogP contribution in [0.2, 0.25) is 0 Å². The number of alkyl halides is 3. The molecule has 8 heteroatoms.